The number of nitrogens with one attached hydrogen (secondary N) is 2. The van der Waals surface area contributed by atoms with Crippen LogP contribution in [-0.2, 0) is 19.5 Å². The van der Waals surface area contributed by atoms with Crippen molar-refractivity contribution in [1.82, 2.24) is 14.9 Å². The summed E-state index contributed by atoms with van der Waals surface area (Å²) < 4.78 is 27.1. The Labute approximate surface area is 154 Å². The van der Waals surface area contributed by atoms with E-state index < -0.39 is 11.6 Å². The number of H-pyrrole nitrogens is 1. The summed E-state index contributed by atoms with van der Waals surface area (Å²) in [6.07, 6.45) is 0.617. The lowest BCUT2D eigenvalue weighted by molar-refractivity contribution is 0.242. The van der Waals surface area contributed by atoms with Gasteiger partial charge in [-0.2, -0.15) is 0 Å². The molecule has 2 heterocycles. The Morgan fingerprint density at radius 2 is 1.96 bits per heavy atom. The summed E-state index contributed by atoms with van der Waals surface area (Å²) in [5.41, 5.74) is 2.15. The molecule has 0 saturated carbocycles. The van der Waals surface area contributed by atoms with Crippen molar-refractivity contribution in [2.24, 2.45) is 0 Å². The zero-order valence-electron chi connectivity index (χ0n) is 14.5. The molecule has 0 unspecified atom stereocenters. The lowest BCUT2D eigenvalue weighted by atomic mass is 10.1. The number of benzene rings is 2. The molecule has 4 rings (SSSR count). The van der Waals surface area contributed by atoms with E-state index in [4.69, 9.17) is 0 Å². The van der Waals surface area contributed by atoms with Crippen molar-refractivity contribution < 1.29 is 8.78 Å². The Morgan fingerprint density at radius 3 is 2.78 bits per heavy atom. The molecule has 0 saturated heterocycles. The third-order valence-corrected chi connectivity index (χ3v) is 4.58. The predicted molar refractivity (Wildman–Crippen MR) is 98.8 cm³/mol. The van der Waals surface area contributed by atoms with Gasteiger partial charge in [-0.25, -0.2) is 13.8 Å². The summed E-state index contributed by atoms with van der Waals surface area (Å²) in [5, 5.41) is 2.66. The second-order valence-electron chi connectivity index (χ2n) is 6.54. The monoisotopic (exact) mass is 368 g/mol. The third-order valence-electron chi connectivity index (χ3n) is 4.58. The molecule has 0 radical (unpaired) electrons. The molecule has 138 valence electrons. The van der Waals surface area contributed by atoms with Crippen LogP contribution in [0, 0.1) is 11.6 Å². The second kappa shape index (κ2) is 7.28. The molecular weight excluding hydrogens is 350 g/mol. The molecule has 0 amide bonds. The van der Waals surface area contributed by atoms with Crippen LogP contribution in [0.15, 0.2) is 53.3 Å². The van der Waals surface area contributed by atoms with E-state index in [1.807, 2.05) is 18.2 Å². The fourth-order valence-corrected chi connectivity index (χ4v) is 3.24. The van der Waals surface area contributed by atoms with Crippen LogP contribution in [0.4, 0.5) is 20.4 Å². The first kappa shape index (κ1) is 17.4. The number of hydrogen-bond donors (Lipinski definition) is 2. The average molecular weight is 368 g/mol. The molecule has 7 heteroatoms. The van der Waals surface area contributed by atoms with Gasteiger partial charge in [0.1, 0.15) is 11.6 Å². The van der Waals surface area contributed by atoms with Crippen molar-refractivity contribution >= 4 is 11.6 Å². The lowest BCUT2D eigenvalue weighted by Gasteiger charge is -2.27. The van der Waals surface area contributed by atoms with Crippen LogP contribution in [0.25, 0.3) is 0 Å². The van der Waals surface area contributed by atoms with Gasteiger partial charge >= 0.3 is 0 Å². The number of nitrogens with zero attached hydrogens (tertiary/aromatic N) is 2. The minimum Gasteiger partial charge on any atom is -0.323 e. The Hall–Kier alpha value is -3.06. The Kier molecular flexibility index (Phi) is 4.68. The van der Waals surface area contributed by atoms with E-state index in [1.165, 1.54) is 5.56 Å². The third kappa shape index (κ3) is 3.88. The van der Waals surface area contributed by atoms with Gasteiger partial charge in [-0.3, -0.25) is 14.7 Å². The standard InChI is InChI=1S/C20H18F2N4O/c21-14-6-7-16(22)18(10-14)24-20-23-17-8-9-26(12-15(17)19(27)25-20)11-13-4-2-1-3-5-13/h1-7,10H,8-9,11-12H2,(H2,23,24,25,27). The Balaban J connectivity index is 1.54. The van der Waals surface area contributed by atoms with Gasteiger partial charge in [-0.05, 0) is 17.7 Å². The molecular formula is C20H18F2N4O. The zero-order valence-corrected chi connectivity index (χ0v) is 14.5. The molecule has 2 N–H and O–H groups in total. The molecule has 1 aliphatic rings. The maximum Gasteiger partial charge on any atom is 0.257 e. The quantitative estimate of drug-likeness (QED) is 0.741. The normalized spacial score (nSPS) is 14.0. The number of fused-ring (bicyclic) bond motifs is 1. The largest absolute Gasteiger partial charge is 0.323 e. The van der Waals surface area contributed by atoms with E-state index in [0.29, 0.717) is 24.2 Å². The topological polar surface area (TPSA) is 61.0 Å². The van der Waals surface area contributed by atoms with Gasteiger partial charge in [0.25, 0.3) is 5.56 Å². The molecule has 5 nitrogen and oxygen atoms in total. The van der Waals surface area contributed by atoms with Crippen LogP contribution in [0.5, 0.6) is 0 Å². The van der Waals surface area contributed by atoms with Gasteiger partial charge in [-0.15, -0.1) is 0 Å². The molecule has 0 fully saturated rings. The van der Waals surface area contributed by atoms with Crippen molar-refractivity contribution in [1.29, 1.82) is 0 Å². The summed E-state index contributed by atoms with van der Waals surface area (Å²) in [6, 6.07) is 13.1. The van der Waals surface area contributed by atoms with E-state index in [2.05, 4.69) is 32.3 Å². The average Bonchev–Trinajstić information content (AvgIpc) is 2.66. The van der Waals surface area contributed by atoms with E-state index >= 15 is 0 Å². The van der Waals surface area contributed by atoms with Gasteiger partial charge in [0.15, 0.2) is 0 Å². The molecule has 0 aliphatic carbocycles. The van der Waals surface area contributed by atoms with E-state index in [-0.39, 0.29) is 17.2 Å². The summed E-state index contributed by atoms with van der Waals surface area (Å²) in [5.74, 6) is -1.08. The maximum absolute atomic E-state index is 13.8. The van der Waals surface area contributed by atoms with Crippen LogP contribution < -0.4 is 10.9 Å². The smallest absolute Gasteiger partial charge is 0.257 e. The molecule has 3 aromatic rings. The van der Waals surface area contributed by atoms with E-state index in [0.717, 1.165) is 31.3 Å². The lowest BCUT2D eigenvalue weighted by Crippen LogP contribution is -2.35. The highest BCUT2D eigenvalue weighted by Crippen LogP contribution is 2.21. The van der Waals surface area contributed by atoms with Crippen molar-refractivity contribution in [3.05, 3.63) is 87.3 Å². The van der Waals surface area contributed by atoms with E-state index in [9.17, 15) is 13.6 Å². The molecule has 1 aromatic heterocycles. The highest BCUT2D eigenvalue weighted by atomic mass is 19.1. The fourth-order valence-electron chi connectivity index (χ4n) is 3.24. The van der Waals surface area contributed by atoms with Gasteiger partial charge < -0.3 is 5.32 Å². The zero-order chi connectivity index (χ0) is 18.8. The Morgan fingerprint density at radius 1 is 1.15 bits per heavy atom. The van der Waals surface area contributed by atoms with Crippen molar-refractivity contribution in [3.63, 3.8) is 0 Å². The molecule has 0 bridgehead atoms. The summed E-state index contributed by atoms with van der Waals surface area (Å²) in [4.78, 5) is 21.7. The summed E-state index contributed by atoms with van der Waals surface area (Å²) >= 11 is 0. The van der Waals surface area contributed by atoms with Crippen molar-refractivity contribution in [2.75, 3.05) is 11.9 Å². The number of hydrogen-bond acceptors (Lipinski definition) is 4. The Bertz CT molecular complexity index is 1020. The molecule has 27 heavy (non-hydrogen) atoms. The van der Waals surface area contributed by atoms with Crippen LogP contribution in [0.1, 0.15) is 16.8 Å². The van der Waals surface area contributed by atoms with Crippen molar-refractivity contribution in [3.8, 4) is 0 Å². The van der Waals surface area contributed by atoms with Crippen LogP contribution in [0.3, 0.4) is 0 Å². The number of halogens is 2. The van der Waals surface area contributed by atoms with Gasteiger partial charge in [0, 0.05) is 32.1 Å². The SMILES string of the molecule is O=c1[nH]c(Nc2cc(F)ccc2F)nc2c1CN(Cc1ccccc1)CC2. The second-order valence-corrected chi connectivity index (χ2v) is 6.54. The van der Waals surface area contributed by atoms with Crippen molar-refractivity contribution in [2.45, 2.75) is 19.5 Å². The fraction of sp³-hybridized carbons (Fsp3) is 0.200. The molecule has 1 aliphatic heterocycles. The predicted octanol–water partition coefficient (Wildman–Crippen LogP) is 3.35. The van der Waals surface area contributed by atoms with Crippen LogP contribution in [-0.4, -0.2) is 21.4 Å². The van der Waals surface area contributed by atoms with E-state index in [1.54, 1.807) is 0 Å². The highest BCUT2D eigenvalue weighted by Gasteiger charge is 2.21. The minimum atomic E-state index is -0.620. The molecule has 0 spiro atoms. The van der Waals surface area contributed by atoms with Gasteiger partial charge in [-0.1, -0.05) is 30.3 Å². The highest BCUT2D eigenvalue weighted by molar-refractivity contribution is 5.54. The molecule has 0 atom stereocenters. The number of anilines is 2. The first-order chi connectivity index (χ1) is 13.1. The molecule has 2 aromatic carbocycles. The van der Waals surface area contributed by atoms with Gasteiger partial charge in [0.05, 0.1) is 16.9 Å². The first-order valence-electron chi connectivity index (χ1n) is 8.69. The number of aromatic nitrogens is 2. The van der Waals surface area contributed by atoms with Crippen LogP contribution >= 0.6 is 0 Å². The minimum absolute atomic E-state index is 0.0698. The van der Waals surface area contributed by atoms with Crippen LogP contribution in [0.2, 0.25) is 0 Å². The summed E-state index contributed by atoms with van der Waals surface area (Å²) in [6.45, 7) is 2.03. The number of rotatable bonds is 4. The number of aromatic amines is 1. The summed E-state index contributed by atoms with van der Waals surface area (Å²) in [7, 11) is 0. The maximum atomic E-state index is 13.8. The van der Waals surface area contributed by atoms with Gasteiger partial charge in [0.2, 0.25) is 5.95 Å². The first-order valence-corrected chi connectivity index (χ1v) is 8.69.